The first-order valence-electron chi connectivity index (χ1n) is 9.93. The van der Waals surface area contributed by atoms with Gasteiger partial charge < -0.3 is 29.5 Å². The monoisotopic (exact) mass is 476 g/mol. The normalized spacial score (nSPS) is 27.5. The zero-order valence-corrected chi connectivity index (χ0v) is 18.0. The third-order valence-electron chi connectivity index (χ3n) is 5.77. The Morgan fingerprint density at radius 2 is 2.06 bits per heavy atom. The number of aromatic nitrogens is 3. The zero-order chi connectivity index (χ0) is 22.3. The third-order valence-corrected chi connectivity index (χ3v) is 6.48. The van der Waals surface area contributed by atoms with E-state index in [0.29, 0.717) is 11.2 Å². The van der Waals surface area contributed by atoms with Crippen LogP contribution in [0.1, 0.15) is 31.7 Å². The zero-order valence-electron chi connectivity index (χ0n) is 16.4. The molecule has 0 spiro atoms. The van der Waals surface area contributed by atoms with E-state index in [1.54, 1.807) is 6.07 Å². The van der Waals surface area contributed by atoms with Crippen molar-refractivity contribution < 1.29 is 33.4 Å². The summed E-state index contributed by atoms with van der Waals surface area (Å²) in [7, 11) is -4.45. The second-order valence-electron chi connectivity index (χ2n) is 8.00. The summed E-state index contributed by atoms with van der Waals surface area (Å²) in [6, 6.07) is 0.497. The maximum Gasteiger partial charge on any atom is 0.350 e. The number of aliphatic hydroxyl groups excluding tert-OH is 1. The molecule has 0 aromatic carbocycles. The first kappa shape index (κ1) is 22.6. The lowest BCUT2D eigenvalue weighted by atomic mass is 10.1. The predicted octanol–water partition coefficient (Wildman–Crippen LogP) is 2.03. The number of carbonyl (C=O) groups excluding carboxylic acids is 1. The fraction of sp³-hybridized carbons (Fsp3) is 0.611. The highest BCUT2D eigenvalue weighted by Crippen LogP contribution is 2.39. The Labute approximate surface area is 181 Å². The molecule has 0 unspecified atom stereocenters. The molecule has 2 aliphatic carbocycles. The van der Waals surface area contributed by atoms with Crippen LogP contribution in [0.15, 0.2) is 12.4 Å². The number of hydrogen-bond acceptors (Lipinski definition) is 7. The van der Waals surface area contributed by atoms with Crippen LogP contribution in [0.5, 0.6) is 0 Å². The van der Waals surface area contributed by atoms with Crippen molar-refractivity contribution in [2.24, 2.45) is 5.92 Å². The van der Waals surface area contributed by atoms with Gasteiger partial charge in [0.15, 0.2) is 17.6 Å². The molecule has 4 atom stereocenters. The van der Waals surface area contributed by atoms with Gasteiger partial charge in [0, 0.05) is 12.1 Å². The first-order valence-corrected chi connectivity index (χ1v) is 12.1. The minimum absolute atomic E-state index is 0.151. The van der Waals surface area contributed by atoms with Gasteiger partial charge in [0.25, 0.3) is 0 Å². The number of halogens is 2. The average molecular weight is 477 g/mol. The Kier molecular flexibility index (Phi) is 6.35. The number of pyridine rings is 1. The van der Waals surface area contributed by atoms with Crippen molar-refractivity contribution in [1.82, 2.24) is 14.5 Å². The summed E-state index contributed by atoms with van der Waals surface area (Å²) in [4.78, 5) is 39.1. The number of nitrogens with zero attached hydrogens (tertiary/aromatic N) is 3. The number of fused-ring (bicyclic) bond motifs is 1. The first-order chi connectivity index (χ1) is 14.7. The highest BCUT2D eigenvalue weighted by atomic mass is 35.5. The quantitative estimate of drug-likeness (QED) is 0.348. The minimum Gasteiger partial charge on any atom is -0.389 e. The fourth-order valence-corrected chi connectivity index (χ4v) is 4.84. The van der Waals surface area contributed by atoms with Crippen molar-refractivity contribution >= 4 is 41.8 Å². The molecule has 4 N–H and O–H groups in total. The van der Waals surface area contributed by atoms with E-state index >= 15 is 0 Å². The number of imidazole rings is 1. The molecule has 2 heterocycles. The van der Waals surface area contributed by atoms with Crippen molar-refractivity contribution in [3.05, 3.63) is 17.5 Å². The van der Waals surface area contributed by atoms with Crippen molar-refractivity contribution in [3.8, 4) is 0 Å². The van der Waals surface area contributed by atoms with E-state index in [1.165, 1.54) is 10.9 Å². The van der Waals surface area contributed by atoms with Gasteiger partial charge in [-0.15, -0.1) is 0 Å². The molecule has 10 nitrogen and oxygen atoms in total. The molecule has 0 amide bonds. The van der Waals surface area contributed by atoms with Gasteiger partial charge in [0.2, 0.25) is 0 Å². The van der Waals surface area contributed by atoms with Crippen LogP contribution < -0.4 is 5.32 Å². The Hall–Kier alpha value is -1.62. The number of carbonyl (C=O) groups is 1. The summed E-state index contributed by atoms with van der Waals surface area (Å²) in [5.74, 6) is -1.95. The molecule has 31 heavy (non-hydrogen) atoms. The molecule has 2 fully saturated rings. The van der Waals surface area contributed by atoms with Crippen molar-refractivity contribution in [2.45, 2.75) is 50.0 Å². The molecule has 2 aromatic rings. The van der Waals surface area contributed by atoms with Crippen LogP contribution in [0, 0.1) is 5.92 Å². The largest absolute Gasteiger partial charge is 0.389 e. The number of aliphatic hydroxyl groups is 1. The van der Waals surface area contributed by atoms with Gasteiger partial charge in [0.05, 0.1) is 30.6 Å². The van der Waals surface area contributed by atoms with Gasteiger partial charge in [-0.25, -0.2) is 14.4 Å². The van der Waals surface area contributed by atoms with Crippen LogP contribution in [-0.4, -0.2) is 66.5 Å². The number of ketones is 1. The molecular weight excluding hydrogens is 454 g/mol. The van der Waals surface area contributed by atoms with Crippen LogP contribution in [0.3, 0.4) is 0 Å². The second kappa shape index (κ2) is 8.73. The van der Waals surface area contributed by atoms with Crippen LogP contribution >= 0.6 is 19.2 Å². The summed E-state index contributed by atoms with van der Waals surface area (Å²) in [6.45, 7) is -0.517. The summed E-state index contributed by atoms with van der Waals surface area (Å²) in [5.41, 5.74) is 1.29. The highest BCUT2D eigenvalue weighted by molar-refractivity contribution is 7.51. The molecule has 0 bridgehead atoms. The average Bonchev–Trinajstić information content (AvgIpc) is 3.38. The van der Waals surface area contributed by atoms with Gasteiger partial charge in [-0.1, -0.05) is 24.4 Å². The van der Waals surface area contributed by atoms with E-state index < -0.39 is 50.6 Å². The van der Waals surface area contributed by atoms with Crippen molar-refractivity contribution in [2.75, 3.05) is 18.3 Å². The molecule has 2 aromatic heterocycles. The number of hydrogen-bond donors (Lipinski definition) is 4. The number of rotatable bonds is 7. The predicted molar refractivity (Wildman–Crippen MR) is 110 cm³/mol. The van der Waals surface area contributed by atoms with Gasteiger partial charge >= 0.3 is 7.60 Å². The third kappa shape index (κ3) is 4.62. The van der Waals surface area contributed by atoms with Gasteiger partial charge in [-0.3, -0.25) is 9.36 Å². The molecule has 170 valence electrons. The second-order valence-corrected chi connectivity index (χ2v) is 9.97. The summed E-state index contributed by atoms with van der Waals surface area (Å²) >= 11 is 6.17. The molecule has 0 radical (unpaired) electrons. The van der Waals surface area contributed by atoms with E-state index in [0.717, 1.165) is 25.7 Å². The Morgan fingerprint density at radius 1 is 1.35 bits per heavy atom. The summed E-state index contributed by atoms with van der Waals surface area (Å²) in [6.07, 6.45) is 0.967. The maximum atomic E-state index is 15.0. The van der Waals surface area contributed by atoms with E-state index in [2.05, 4.69) is 15.3 Å². The van der Waals surface area contributed by atoms with Crippen molar-refractivity contribution in [1.29, 1.82) is 0 Å². The van der Waals surface area contributed by atoms with Crippen LogP contribution in [0.4, 0.5) is 10.1 Å². The molecule has 13 heteroatoms. The molecule has 4 rings (SSSR count). The lowest BCUT2D eigenvalue weighted by Crippen LogP contribution is -2.28. The minimum atomic E-state index is -4.45. The number of ether oxygens (including phenoxy) is 1. The van der Waals surface area contributed by atoms with Gasteiger partial charge in [0.1, 0.15) is 23.1 Å². The molecular formula is C18H23ClFN4O6P. The van der Waals surface area contributed by atoms with Crippen LogP contribution in [0.25, 0.3) is 11.2 Å². The number of Topliss-reactive ketones (excluding diaryl/α,β-unsaturated/α-hetero) is 1. The van der Waals surface area contributed by atoms with E-state index in [-0.39, 0.29) is 16.8 Å². The highest BCUT2D eigenvalue weighted by Gasteiger charge is 2.51. The Bertz CT molecular complexity index is 1030. The molecule has 2 aliphatic rings. The number of alkyl halides is 1. The van der Waals surface area contributed by atoms with Crippen molar-refractivity contribution in [3.63, 3.8) is 0 Å². The molecule has 2 saturated carbocycles. The standard InChI is InChI=1S/C18H23ClFN4O6P/c19-12-5-11(22-9-3-1-2-4-9)14-18(23-12)24(7-21-14)15-13(20)16(25)10(17(15)26)6-30-8-31(27,28)29/h5,7,9-10,13,15-16,25H,1-4,6,8H2,(H,22,23)(H2,27,28,29)/t10-,13+,15+,16-/m1/s1. The topological polar surface area (TPSA) is 147 Å². The van der Waals surface area contributed by atoms with E-state index in [4.69, 9.17) is 26.1 Å². The maximum absolute atomic E-state index is 15.0. The molecule has 0 aliphatic heterocycles. The Balaban J connectivity index is 1.61. The van der Waals surface area contributed by atoms with Gasteiger partial charge in [-0.05, 0) is 12.8 Å². The molecule has 0 saturated heterocycles. The van der Waals surface area contributed by atoms with Crippen LogP contribution in [-0.2, 0) is 14.1 Å². The lowest BCUT2D eigenvalue weighted by molar-refractivity contribution is -0.126. The number of anilines is 1. The van der Waals surface area contributed by atoms with E-state index in [9.17, 15) is 18.9 Å². The van der Waals surface area contributed by atoms with Crippen LogP contribution in [0.2, 0.25) is 5.15 Å². The lowest BCUT2D eigenvalue weighted by Gasteiger charge is -2.16. The fourth-order valence-electron chi connectivity index (χ4n) is 4.30. The van der Waals surface area contributed by atoms with E-state index in [1.807, 2.05) is 0 Å². The Morgan fingerprint density at radius 3 is 2.74 bits per heavy atom. The SMILES string of the molecule is O=C1[C@@H](n2cnc3c(NC4CCCC4)cc(Cl)nc32)[C@H](F)[C@H](O)[C@H]1COCP(=O)(O)O. The smallest absolute Gasteiger partial charge is 0.350 e. The van der Waals surface area contributed by atoms with Gasteiger partial charge in [-0.2, -0.15) is 0 Å². The summed E-state index contributed by atoms with van der Waals surface area (Å²) < 4.78 is 32.0. The summed E-state index contributed by atoms with van der Waals surface area (Å²) in [5, 5.41) is 13.8. The number of nitrogens with one attached hydrogen (secondary N) is 1.